The zero-order valence-corrected chi connectivity index (χ0v) is 8.39. The standard InChI is InChI=1S/C8H5BrF3NO/c9-1-4-6(3-14)13-2-5(10)7(4)8(11)12/h2-3,8H,1H2. The van der Waals surface area contributed by atoms with Gasteiger partial charge in [0.05, 0.1) is 11.8 Å². The van der Waals surface area contributed by atoms with E-state index in [0.717, 1.165) is 0 Å². The second-order valence-electron chi connectivity index (χ2n) is 2.44. The highest BCUT2D eigenvalue weighted by molar-refractivity contribution is 9.08. The molecule has 0 aromatic carbocycles. The van der Waals surface area contributed by atoms with Crippen molar-refractivity contribution in [3.8, 4) is 0 Å². The predicted molar refractivity (Wildman–Crippen MR) is 47.2 cm³/mol. The van der Waals surface area contributed by atoms with Crippen molar-refractivity contribution in [2.45, 2.75) is 11.8 Å². The van der Waals surface area contributed by atoms with Crippen LogP contribution >= 0.6 is 15.9 Å². The fourth-order valence-electron chi connectivity index (χ4n) is 1.03. The molecule has 1 aromatic rings. The molecule has 6 heteroatoms. The molecule has 0 bridgehead atoms. The minimum atomic E-state index is -2.95. The number of aldehydes is 1. The number of aromatic nitrogens is 1. The van der Waals surface area contributed by atoms with Crippen LogP contribution < -0.4 is 0 Å². The van der Waals surface area contributed by atoms with E-state index in [1.165, 1.54) is 0 Å². The summed E-state index contributed by atoms with van der Waals surface area (Å²) in [5, 5.41) is -0.0362. The lowest BCUT2D eigenvalue weighted by Gasteiger charge is -2.08. The van der Waals surface area contributed by atoms with Crippen LogP contribution in [0.15, 0.2) is 6.20 Å². The first-order valence-corrected chi connectivity index (χ1v) is 4.70. The van der Waals surface area contributed by atoms with Crippen LogP contribution in [0.2, 0.25) is 0 Å². The molecule has 0 aliphatic rings. The van der Waals surface area contributed by atoms with Crippen LogP contribution in [0.3, 0.4) is 0 Å². The summed E-state index contributed by atoms with van der Waals surface area (Å²) in [4.78, 5) is 13.8. The molecule has 1 heterocycles. The molecular formula is C8H5BrF3NO. The van der Waals surface area contributed by atoms with Crippen LogP contribution in [0.1, 0.15) is 28.0 Å². The highest BCUT2D eigenvalue weighted by Gasteiger charge is 2.21. The number of hydrogen-bond donors (Lipinski definition) is 0. The van der Waals surface area contributed by atoms with Gasteiger partial charge in [-0.25, -0.2) is 13.2 Å². The van der Waals surface area contributed by atoms with Crippen molar-refractivity contribution in [3.63, 3.8) is 0 Å². The van der Waals surface area contributed by atoms with Crippen LogP contribution in [0, 0.1) is 5.82 Å². The van der Waals surface area contributed by atoms with E-state index in [4.69, 9.17) is 0 Å². The Kier molecular flexibility index (Phi) is 3.62. The van der Waals surface area contributed by atoms with Gasteiger partial charge in [-0.05, 0) is 0 Å². The average molecular weight is 268 g/mol. The lowest BCUT2D eigenvalue weighted by Crippen LogP contribution is -2.04. The molecule has 0 unspecified atom stereocenters. The van der Waals surface area contributed by atoms with Crippen molar-refractivity contribution >= 4 is 22.2 Å². The van der Waals surface area contributed by atoms with Crippen LogP contribution in [0.5, 0.6) is 0 Å². The molecule has 0 atom stereocenters. The summed E-state index contributed by atoms with van der Waals surface area (Å²) in [5.74, 6) is -1.10. The Morgan fingerprint density at radius 2 is 2.21 bits per heavy atom. The molecule has 0 amide bonds. The fourth-order valence-corrected chi connectivity index (χ4v) is 1.62. The molecule has 0 N–H and O–H groups in total. The molecule has 0 aliphatic carbocycles. The number of carbonyl (C=O) groups is 1. The Balaban J connectivity index is 3.42. The number of rotatable bonds is 3. The second kappa shape index (κ2) is 4.54. The van der Waals surface area contributed by atoms with Gasteiger partial charge in [0.15, 0.2) is 12.1 Å². The van der Waals surface area contributed by atoms with Crippen molar-refractivity contribution < 1.29 is 18.0 Å². The monoisotopic (exact) mass is 267 g/mol. The summed E-state index contributed by atoms with van der Waals surface area (Å²) >= 11 is 2.90. The molecule has 1 aromatic heterocycles. The topological polar surface area (TPSA) is 30.0 Å². The highest BCUT2D eigenvalue weighted by Crippen LogP contribution is 2.28. The average Bonchev–Trinajstić information content (AvgIpc) is 2.16. The van der Waals surface area contributed by atoms with Gasteiger partial charge in [0.1, 0.15) is 5.69 Å². The van der Waals surface area contributed by atoms with Crippen molar-refractivity contribution in [1.29, 1.82) is 0 Å². The number of nitrogens with zero attached hydrogens (tertiary/aromatic N) is 1. The maximum absolute atomic E-state index is 12.9. The van der Waals surface area contributed by atoms with E-state index in [0.29, 0.717) is 12.5 Å². The Labute approximate surface area is 86.3 Å². The molecular weight excluding hydrogens is 263 g/mol. The Morgan fingerprint density at radius 3 is 2.64 bits per heavy atom. The maximum atomic E-state index is 12.9. The zero-order valence-electron chi connectivity index (χ0n) is 6.81. The van der Waals surface area contributed by atoms with Crippen LogP contribution in [-0.2, 0) is 5.33 Å². The van der Waals surface area contributed by atoms with Crippen LogP contribution in [-0.4, -0.2) is 11.3 Å². The maximum Gasteiger partial charge on any atom is 0.267 e. The van der Waals surface area contributed by atoms with Gasteiger partial charge in [-0.15, -0.1) is 0 Å². The first-order chi connectivity index (χ1) is 6.61. The van der Waals surface area contributed by atoms with Gasteiger partial charge < -0.3 is 0 Å². The van der Waals surface area contributed by atoms with Crippen LogP contribution in [0.4, 0.5) is 13.2 Å². The minimum absolute atomic E-state index is 0.0362. The van der Waals surface area contributed by atoms with Gasteiger partial charge in [0.25, 0.3) is 6.43 Å². The largest absolute Gasteiger partial charge is 0.296 e. The normalized spacial score (nSPS) is 10.6. The third kappa shape index (κ3) is 1.95. The summed E-state index contributed by atoms with van der Waals surface area (Å²) in [6.07, 6.45) is -2.01. The third-order valence-corrected chi connectivity index (χ3v) is 2.23. The first kappa shape index (κ1) is 11.2. The molecule has 0 radical (unpaired) electrons. The van der Waals surface area contributed by atoms with E-state index in [-0.39, 0.29) is 16.6 Å². The Morgan fingerprint density at radius 1 is 1.57 bits per heavy atom. The summed E-state index contributed by atoms with van der Waals surface area (Å²) in [6.45, 7) is 0. The Bertz CT molecular complexity index is 357. The Hall–Kier alpha value is -0.910. The van der Waals surface area contributed by atoms with Gasteiger partial charge in [-0.2, -0.15) is 0 Å². The predicted octanol–water partition coefficient (Wildman–Crippen LogP) is 2.87. The summed E-state index contributed by atoms with van der Waals surface area (Å²) < 4.78 is 37.7. The van der Waals surface area contributed by atoms with Gasteiger partial charge >= 0.3 is 0 Å². The number of pyridine rings is 1. The molecule has 76 valence electrons. The van der Waals surface area contributed by atoms with E-state index in [2.05, 4.69) is 20.9 Å². The summed E-state index contributed by atoms with van der Waals surface area (Å²) in [7, 11) is 0. The number of hydrogen-bond acceptors (Lipinski definition) is 2. The lowest BCUT2D eigenvalue weighted by molar-refractivity contribution is 0.111. The number of alkyl halides is 3. The molecule has 0 saturated heterocycles. The summed E-state index contributed by atoms with van der Waals surface area (Å²) in [6, 6.07) is 0. The lowest BCUT2D eigenvalue weighted by atomic mass is 10.1. The van der Waals surface area contributed by atoms with E-state index in [1.807, 2.05) is 0 Å². The number of carbonyl (C=O) groups excluding carboxylic acids is 1. The first-order valence-electron chi connectivity index (χ1n) is 3.58. The molecule has 14 heavy (non-hydrogen) atoms. The van der Waals surface area contributed by atoms with E-state index in [9.17, 15) is 18.0 Å². The van der Waals surface area contributed by atoms with Gasteiger partial charge in [0.2, 0.25) is 0 Å². The molecule has 0 spiro atoms. The third-order valence-electron chi connectivity index (χ3n) is 1.67. The number of halogens is 4. The quantitative estimate of drug-likeness (QED) is 0.623. The fraction of sp³-hybridized carbons (Fsp3) is 0.250. The highest BCUT2D eigenvalue weighted by atomic mass is 79.9. The smallest absolute Gasteiger partial charge is 0.267 e. The van der Waals surface area contributed by atoms with Crippen molar-refractivity contribution in [1.82, 2.24) is 4.98 Å². The van der Waals surface area contributed by atoms with E-state index >= 15 is 0 Å². The molecule has 1 rings (SSSR count). The van der Waals surface area contributed by atoms with Gasteiger partial charge in [0, 0.05) is 10.9 Å². The van der Waals surface area contributed by atoms with Crippen molar-refractivity contribution in [3.05, 3.63) is 28.8 Å². The molecule has 0 saturated carbocycles. The SMILES string of the molecule is O=Cc1ncc(F)c(C(F)F)c1CBr. The van der Waals surface area contributed by atoms with Crippen molar-refractivity contribution in [2.75, 3.05) is 0 Å². The van der Waals surface area contributed by atoms with Crippen LogP contribution in [0.25, 0.3) is 0 Å². The van der Waals surface area contributed by atoms with Gasteiger partial charge in [-0.1, -0.05) is 15.9 Å². The summed E-state index contributed by atoms with van der Waals surface area (Å²) in [5.41, 5.74) is -1.03. The van der Waals surface area contributed by atoms with Crippen molar-refractivity contribution in [2.24, 2.45) is 0 Å². The molecule has 0 aliphatic heterocycles. The minimum Gasteiger partial charge on any atom is -0.296 e. The molecule has 2 nitrogen and oxygen atoms in total. The molecule has 0 fully saturated rings. The zero-order chi connectivity index (χ0) is 10.7. The van der Waals surface area contributed by atoms with E-state index < -0.39 is 17.8 Å². The van der Waals surface area contributed by atoms with E-state index in [1.54, 1.807) is 0 Å². The van der Waals surface area contributed by atoms with Gasteiger partial charge in [-0.3, -0.25) is 9.78 Å². The second-order valence-corrected chi connectivity index (χ2v) is 3.00.